The van der Waals surface area contributed by atoms with Gasteiger partial charge in [-0.1, -0.05) is 52.3 Å². The molecule has 0 aliphatic rings. The lowest BCUT2D eigenvalue weighted by atomic mass is 9.94. The van der Waals surface area contributed by atoms with Gasteiger partial charge in [0.25, 0.3) is 0 Å². The molecule has 2 aromatic carbocycles. The van der Waals surface area contributed by atoms with Crippen molar-refractivity contribution in [3.63, 3.8) is 0 Å². The quantitative estimate of drug-likeness (QED) is 0.851. The van der Waals surface area contributed by atoms with Gasteiger partial charge in [0, 0.05) is 4.47 Å². The molecule has 1 atom stereocenters. The first-order chi connectivity index (χ1) is 9.87. The molecule has 1 unspecified atom stereocenters. The standard InChI is InChI=1S/C15H16BrNO3S/c1-15(11-18,12-6-3-2-4-7-12)17-21(19,20)14-9-5-8-13(16)10-14/h2-10,17-18H,11H2,1H3. The van der Waals surface area contributed by atoms with Crippen molar-refractivity contribution in [2.75, 3.05) is 6.61 Å². The third kappa shape index (κ3) is 3.71. The minimum atomic E-state index is -3.74. The fourth-order valence-corrected chi connectivity index (χ4v) is 3.96. The van der Waals surface area contributed by atoms with Crippen LogP contribution < -0.4 is 4.72 Å². The summed E-state index contributed by atoms with van der Waals surface area (Å²) in [6, 6.07) is 15.4. The van der Waals surface area contributed by atoms with Crippen LogP contribution in [0.15, 0.2) is 64.0 Å². The molecule has 0 bridgehead atoms. The topological polar surface area (TPSA) is 66.4 Å². The van der Waals surface area contributed by atoms with E-state index in [0.717, 1.165) is 0 Å². The zero-order valence-electron chi connectivity index (χ0n) is 11.5. The van der Waals surface area contributed by atoms with Crippen molar-refractivity contribution in [3.8, 4) is 0 Å². The highest BCUT2D eigenvalue weighted by Crippen LogP contribution is 2.24. The predicted octanol–water partition coefficient (Wildman–Crippen LogP) is 2.64. The Bertz CT molecular complexity index is 719. The van der Waals surface area contributed by atoms with Crippen molar-refractivity contribution in [1.29, 1.82) is 0 Å². The molecule has 4 nitrogen and oxygen atoms in total. The Hall–Kier alpha value is -1.21. The number of rotatable bonds is 5. The number of hydrogen-bond acceptors (Lipinski definition) is 3. The Morgan fingerprint density at radius 1 is 1.14 bits per heavy atom. The zero-order chi connectivity index (χ0) is 15.5. The fourth-order valence-electron chi connectivity index (χ4n) is 1.98. The van der Waals surface area contributed by atoms with Crippen LogP contribution in [0.3, 0.4) is 0 Å². The van der Waals surface area contributed by atoms with Gasteiger partial charge in [-0.15, -0.1) is 0 Å². The van der Waals surface area contributed by atoms with Crippen molar-refractivity contribution < 1.29 is 13.5 Å². The third-order valence-electron chi connectivity index (χ3n) is 3.19. The fraction of sp³-hybridized carbons (Fsp3) is 0.200. The molecule has 0 aliphatic carbocycles. The summed E-state index contributed by atoms with van der Waals surface area (Å²) in [5.74, 6) is 0. The van der Waals surface area contributed by atoms with E-state index in [4.69, 9.17) is 0 Å². The Labute approximate surface area is 133 Å². The van der Waals surface area contributed by atoms with Crippen LogP contribution in [0.25, 0.3) is 0 Å². The molecule has 0 amide bonds. The van der Waals surface area contributed by atoms with E-state index in [9.17, 15) is 13.5 Å². The van der Waals surface area contributed by atoms with Crippen molar-refractivity contribution in [3.05, 3.63) is 64.6 Å². The highest BCUT2D eigenvalue weighted by atomic mass is 79.9. The number of hydrogen-bond donors (Lipinski definition) is 2. The average Bonchev–Trinajstić information content (AvgIpc) is 2.47. The second-order valence-electron chi connectivity index (χ2n) is 4.92. The molecule has 0 aromatic heterocycles. The van der Waals surface area contributed by atoms with Gasteiger partial charge >= 0.3 is 0 Å². The highest BCUT2D eigenvalue weighted by molar-refractivity contribution is 9.10. The lowest BCUT2D eigenvalue weighted by Gasteiger charge is -2.29. The number of halogens is 1. The molecule has 2 N–H and O–H groups in total. The maximum absolute atomic E-state index is 12.5. The Morgan fingerprint density at radius 2 is 1.81 bits per heavy atom. The molecule has 0 fully saturated rings. The van der Waals surface area contributed by atoms with Crippen LogP contribution in [0.4, 0.5) is 0 Å². The molecule has 0 saturated carbocycles. The van der Waals surface area contributed by atoms with Crippen molar-refractivity contribution in [1.82, 2.24) is 4.72 Å². The lowest BCUT2D eigenvalue weighted by molar-refractivity contribution is 0.196. The molecule has 6 heteroatoms. The summed E-state index contributed by atoms with van der Waals surface area (Å²) in [7, 11) is -3.74. The first kappa shape index (κ1) is 16.2. The molecule has 0 saturated heterocycles. The van der Waals surface area contributed by atoms with Gasteiger partial charge in [0.05, 0.1) is 17.0 Å². The van der Waals surface area contributed by atoms with Crippen LogP contribution in [0.1, 0.15) is 12.5 Å². The monoisotopic (exact) mass is 369 g/mol. The first-order valence-corrected chi connectivity index (χ1v) is 8.61. The molecule has 112 valence electrons. The largest absolute Gasteiger partial charge is 0.394 e. The van der Waals surface area contributed by atoms with Crippen LogP contribution in [0, 0.1) is 0 Å². The van der Waals surface area contributed by atoms with E-state index in [1.165, 1.54) is 12.1 Å². The Morgan fingerprint density at radius 3 is 2.38 bits per heavy atom. The van der Waals surface area contributed by atoms with Gasteiger partial charge in [0.1, 0.15) is 0 Å². The van der Waals surface area contributed by atoms with Crippen LogP contribution in [-0.4, -0.2) is 20.1 Å². The van der Waals surface area contributed by atoms with Crippen LogP contribution >= 0.6 is 15.9 Å². The second kappa shape index (κ2) is 6.27. The second-order valence-corrected chi connectivity index (χ2v) is 7.52. The number of benzene rings is 2. The average molecular weight is 370 g/mol. The molecule has 2 aromatic rings. The molecule has 0 heterocycles. The van der Waals surface area contributed by atoms with E-state index in [1.54, 1.807) is 43.3 Å². The van der Waals surface area contributed by atoms with Gasteiger partial charge in [-0.25, -0.2) is 8.42 Å². The summed E-state index contributed by atoms with van der Waals surface area (Å²) < 4.78 is 28.2. The Kier molecular flexibility index (Phi) is 4.83. The number of aliphatic hydroxyl groups excluding tert-OH is 1. The Balaban J connectivity index is 2.38. The summed E-state index contributed by atoms with van der Waals surface area (Å²) in [6.45, 7) is 1.31. The van der Waals surface area contributed by atoms with Crippen molar-refractivity contribution in [2.45, 2.75) is 17.4 Å². The normalized spacial score (nSPS) is 14.6. The van der Waals surface area contributed by atoms with E-state index in [0.29, 0.717) is 10.0 Å². The number of aliphatic hydroxyl groups is 1. The summed E-state index contributed by atoms with van der Waals surface area (Å²) in [5.41, 5.74) is -0.381. The smallest absolute Gasteiger partial charge is 0.241 e. The number of sulfonamides is 1. The molecule has 0 aliphatic heterocycles. The summed E-state index contributed by atoms with van der Waals surface area (Å²) in [6.07, 6.45) is 0. The van der Waals surface area contributed by atoms with Gasteiger partial charge in [0.15, 0.2) is 0 Å². The molecule has 0 radical (unpaired) electrons. The SMILES string of the molecule is CC(CO)(NS(=O)(=O)c1cccc(Br)c1)c1ccccc1. The minimum Gasteiger partial charge on any atom is -0.394 e. The predicted molar refractivity (Wildman–Crippen MR) is 85.3 cm³/mol. The summed E-state index contributed by atoms with van der Waals surface area (Å²) in [5, 5.41) is 9.67. The van der Waals surface area contributed by atoms with Crippen molar-refractivity contribution >= 4 is 26.0 Å². The minimum absolute atomic E-state index is 0.146. The van der Waals surface area contributed by atoms with Crippen molar-refractivity contribution in [2.24, 2.45) is 0 Å². The molecular formula is C15H16BrNO3S. The summed E-state index contributed by atoms with van der Waals surface area (Å²) >= 11 is 3.25. The van der Waals surface area contributed by atoms with Gasteiger partial charge < -0.3 is 5.11 Å². The van der Waals surface area contributed by atoms with E-state index < -0.39 is 15.6 Å². The van der Waals surface area contributed by atoms with Crippen LogP contribution in [-0.2, 0) is 15.6 Å². The molecular weight excluding hydrogens is 354 g/mol. The van der Waals surface area contributed by atoms with Crippen LogP contribution in [0.2, 0.25) is 0 Å². The van der Waals surface area contributed by atoms with E-state index in [1.807, 2.05) is 6.07 Å². The zero-order valence-corrected chi connectivity index (χ0v) is 13.9. The summed E-state index contributed by atoms with van der Waals surface area (Å²) in [4.78, 5) is 0.146. The maximum atomic E-state index is 12.5. The molecule has 2 rings (SSSR count). The van der Waals surface area contributed by atoms with Gasteiger partial charge in [-0.3, -0.25) is 0 Å². The van der Waals surface area contributed by atoms with E-state index in [2.05, 4.69) is 20.7 Å². The first-order valence-electron chi connectivity index (χ1n) is 6.33. The highest BCUT2D eigenvalue weighted by Gasteiger charge is 2.31. The van der Waals surface area contributed by atoms with Crippen LogP contribution in [0.5, 0.6) is 0 Å². The maximum Gasteiger partial charge on any atom is 0.241 e. The van der Waals surface area contributed by atoms with E-state index in [-0.39, 0.29) is 11.5 Å². The molecule has 21 heavy (non-hydrogen) atoms. The van der Waals surface area contributed by atoms with Gasteiger partial charge in [0.2, 0.25) is 10.0 Å². The third-order valence-corrected chi connectivity index (χ3v) is 5.28. The number of nitrogens with one attached hydrogen (secondary N) is 1. The van der Waals surface area contributed by atoms with E-state index >= 15 is 0 Å². The van der Waals surface area contributed by atoms with Gasteiger partial charge in [-0.05, 0) is 30.7 Å². The van der Waals surface area contributed by atoms with Gasteiger partial charge in [-0.2, -0.15) is 4.72 Å². The molecule has 0 spiro atoms. The lowest BCUT2D eigenvalue weighted by Crippen LogP contribution is -2.46.